The van der Waals surface area contributed by atoms with Crippen LogP contribution in [0.25, 0.3) is 0 Å². The van der Waals surface area contributed by atoms with Crippen LogP contribution >= 0.6 is 0 Å². The zero-order valence-electron chi connectivity index (χ0n) is 6.89. The number of hydrogen-bond donors (Lipinski definition) is 1. The van der Waals surface area contributed by atoms with Gasteiger partial charge in [0.2, 0.25) is 10.3 Å². The molecule has 0 aromatic heterocycles. The van der Waals surface area contributed by atoms with E-state index in [0.717, 1.165) is 0 Å². The molecule has 5 heteroatoms. The highest BCUT2D eigenvalue weighted by molar-refractivity contribution is 7.73. The predicted molar refractivity (Wildman–Crippen MR) is 47.9 cm³/mol. The molecule has 1 aliphatic carbocycles. The molecule has 0 saturated carbocycles. The molecule has 1 rings (SSSR count). The van der Waals surface area contributed by atoms with Crippen LogP contribution in [0.3, 0.4) is 0 Å². The van der Waals surface area contributed by atoms with Gasteiger partial charge in [0.25, 0.3) is 0 Å². The van der Waals surface area contributed by atoms with Crippen LogP contribution in [-0.4, -0.2) is 24.4 Å². The van der Waals surface area contributed by atoms with Crippen molar-refractivity contribution < 1.29 is 18.3 Å². The normalized spacial score (nSPS) is 21.2. The Kier molecular flexibility index (Phi) is 2.67. The van der Waals surface area contributed by atoms with Crippen molar-refractivity contribution in [2.45, 2.75) is 6.92 Å². The van der Waals surface area contributed by atoms with Crippen molar-refractivity contribution in [1.82, 2.24) is 0 Å². The monoisotopic (exact) mass is 200 g/mol. The lowest BCUT2D eigenvalue weighted by molar-refractivity contribution is -0.133. The maximum atomic E-state index is 10.6. The van der Waals surface area contributed by atoms with Crippen LogP contribution in [-0.2, 0) is 15.1 Å². The smallest absolute Gasteiger partial charge is 0.332 e. The Morgan fingerprint density at radius 1 is 1.54 bits per heavy atom. The van der Waals surface area contributed by atoms with Gasteiger partial charge in [0.1, 0.15) is 0 Å². The molecule has 1 N–H and O–H groups in total. The summed E-state index contributed by atoms with van der Waals surface area (Å²) < 4.78 is 21.2. The van der Waals surface area contributed by atoms with Crippen molar-refractivity contribution in [1.29, 1.82) is 0 Å². The van der Waals surface area contributed by atoms with Gasteiger partial charge in [-0.05, 0) is 6.08 Å². The lowest BCUT2D eigenvalue weighted by Gasteiger charge is -2.12. The van der Waals surface area contributed by atoms with E-state index in [4.69, 9.17) is 5.11 Å². The molecule has 0 spiro atoms. The molecule has 0 aliphatic heterocycles. The third kappa shape index (κ3) is 1.86. The van der Waals surface area contributed by atoms with E-state index in [1.165, 1.54) is 18.2 Å². The molecule has 1 atom stereocenters. The SMILES string of the molecule is CC1C(C(=O)O)=CC=CC1=S(=O)=O. The van der Waals surface area contributed by atoms with Crippen LogP contribution in [0.1, 0.15) is 6.92 Å². The molecule has 0 saturated heterocycles. The van der Waals surface area contributed by atoms with Crippen LogP contribution in [0.2, 0.25) is 0 Å². The van der Waals surface area contributed by atoms with Crippen molar-refractivity contribution >= 4 is 21.1 Å². The van der Waals surface area contributed by atoms with E-state index < -0.39 is 22.2 Å². The third-order valence-corrected chi connectivity index (χ3v) is 2.74. The van der Waals surface area contributed by atoms with Gasteiger partial charge in [-0.1, -0.05) is 19.1 Å². The lowest BCUT2D eigenvalue weighted by atomic mass is 9.93. The van der Waals surface area contributed by atoms with Crippen LogP contribution in [0.5, 0.6) is 0 Å². The summed E-state index contributed by atoms with van der Waals surface area (Å²) in [5, 5.41) is 8.69. The predicted octanol–water partition coefficient (Wildman–Crippen LogP) is 0.255. The summed E-state index contributed by atoms with van der Waals surface area (Å²) in [6.07, 6.45) is 4.23. The Morgan fingerprint density at radius 3 is 2.62 bits per heavy atom. The fourth-order valence-electron chi connectivity index (χ4n) is 1.14. The van der Waals surface area contributed by atoms with Crippen LogP contribution in [0.4, 0.5) is 0 Å². The molecule has 0 fully saturated rings. The van der Waals surface area contributed by atoms with Crippen molar-refractivity contribution in [2.75, 3.05) is 0 Å². The second-order valence-corrected chi connectivity index (χ2v) is 3.59. The molecule has 0 radical (unpaired) electrons. The second-order valence-electron chi connectivity index (χ2n) is 2.65. The highest BCUT2D eigenvalue weighted by Crippen LogP contribution is 2.17. The van der Waals surface area contributed by atoms with E-state index in [-0.39, 0.29) is 10.4 Å². The van der Waals surface area contributed by atoms with Gasteiger partial charge < -0.3 is 5.11 Å². The van der Waals surface area contributed by atoms with Gasteiger partial charge >= 0.3 is 5.97 Å². The molecule has 0 bridgehead atoms. The van der Waals surface area contributed by atoms with Crippen LogP contribution in [0, 0.1) is 5.92 Å². The van der Waals surface area contributed by atoms with Crippen molar-refractivity contribution in [3.63, 3.8) is 0 Å². The fourth-order valence-corrected chi connectivity index (χ4v) is 1.75. The first-order chi connectivity index (χ1) is 6.04. The summed E-state index contributed by atoms with van der Waals surface area (Å²) in [6, 6.07) is 0. The number of carboxylic acid groups (broad SMARTS) is 1. The quantitative estimate of drug-likeness (QED) is 0.616. The highest BCUT2D eigenvalue weighted by atomic mass is 32.2. The maximum absolute atomic E-state index is 10.6. The minimum atomic E-state index is -2.34. The first kappa shape index (κ1) is 9.73. The van der Waals surface area contributed by atoms with Crippen molar-refractivity contribution in [3.05, 3.63) is 23.8 Å². The lowest BCUT2D eigenvalue weighted by Crippen LogP contribution is -2.20. The van der Waals surface area contributed by atoms with E-state index >= 15 is 0 Å². The summed E-state index contributed by atoms with van der Waals surface area (Å²) in [6.45, 7) is 1.55. The van der Waals surface area contributed by atoms with E-state index in [0.29, 0.717) is 0 Å². The molecule has 0 aromatic rings. The Labute approximate surface area is 76.7 Å². The molecule has 1 aliphatic rings. The summed E-state index contributed by atoms with van der Waals surface area (Å²) in [4.78, 5) is 10.7. The third-order valence-electron chi connectivity index (χ3n) is 1.87. The van der Waals surface area contributed by atoms with Gasteiger partial charge in [0, 0.05) is 11.5 Å². The largest absolute Gasteiger partial charge is 0.478 e. The first-order valence-electron chi connectivity index (χ1n) is 3.61. The molecule has 1 unspecified atom stereocenters. The zero-order chi connectivity index (χ0) is 10.0. The number of allylic oxidation sites excluding steroid dienone is 3. The Bertz CT molecular complexity index is 417. The molecule has 70 valence electrons. The molecule has 0 heterocycles. The fraction of sp³-hybridized carbons (Fsp3) is 0.250. The van der Waals surface area contributed by atoms with E-state index in [1.54, 1.807) is 6.92 Å². The zero-order valence-corrected chi connectivity index (χ0v) is 7.71. The Morgan fingerprint density at radius 2 is 2.15 bits per heavy atom. The van der Waals surface area contributed by atoms with E-state index in [9.17, 15) is 13.2 Å². The molecular formula is C8H8O4S. The number of rotatable bonds is 1. The average molecular weight is 200 g/mol. The van der Waals surface area contributed by atoms with Crippen molar-refractivity contribution in [2.24, 2.45) is 5.92 Å². The first-order valence-corrected chi connectivity index (χ1v) is 4.69. The van der Waals surface area contributed by atoms with Crippen LogP contribution < -0.4 is 0 Å². The number of aliphatic carboxylic acids is 1. The molecule has 13 heavy (non-hydrogen) atoms. The van der Waals surface area contributed by atoms with Gasteiger partial charge in [-0.3, -0.25) is 0 Å². The van der Waals surface area contributed by atoms with Crippen LogP contribution in [0.15, 0.2) is 23.8 Å². The highest BCUT2D eigenvalue weighted by Gasteiger charge is 2.22. The number of carbonyl (C=O) groups is 1. The van der Waals surface area contributed by atoms with Gasteiger partial charge in [-0.2, -0.15) is 8.42 Å². The van der Waals surface area contributed by atoms with Gasteiger partial charge in [0.15, 0.2) is 0 Å². The maximum Gasteiger partial charge on any atom is 0.332 e. The van der Waals surface area contributed by atoms with Gasteiger partial charge in [0.05, 0.1) is 4.86 Å². The van der Waals surface area contributed by atoms with Gasteiger partial charge in [-0.15, -0.1) is 0 Å². The molecule has 4 nitrogen and oxygen atoms in total. The number of hydrogen-bond acceptors (Lipinski definition) is 3. The van der Waals surface area contributed by atoms with Crippen molar-refractivity contribution in [3.8, 4) is 0 Å². The summed E-state index contributed by atoms with van der Waals surface area (Å²) in [7, 11) is -2.34. The average Bonchev–Trinajstić information content (AvgIpc) is 2.03. The number of carboxylic acids is 1. The summed E-state index contributed by atoms with van der Waals surface area (Å²) in [5.41, 5.74) is 0.0988. The van der Waals surface area contributed by atoms with Gasteiger partial charge in [-0.25, -0.2) is 4.79 Å². The van der Waals surface area contributed by atoms with E-state index in [2.05, 4.69) is 0 Å². The molecule has 0 aromatic carbocycles. The molecule has 0 amide bonds. The molecular weight excluding hydrogens is 192 g/mol. The minimum Gasteiger partial charge on any atom is -0.478 e. The standard InChI is InChI=1S/C8H8O4S/c1-5-6(8(9)10)3-2-4-7(5)13(11)12/h2-5H,1H3,(H,9,10). The summed E-state index contributed by atoms with van der Waals surface area (Å²) in [5.74, 6) is -1.65. The Hall–Kier alpha value is -1.36. The second kappa shape index (κ2) is 3.57. The Balaban J connectivity index is 3.23. The summed E-state index contributed by atoms with van der Waals surface area (Å²) >= 11 is 0. The van der Waals surface area contributed by atoms with E-state index in [1.807, 2.05) is 0 Å². The topological polar surface area (TPSA) is 71.4 Å². The minimum absolute atomic E-state index is 0.0988.